The topological polar surface area (TPSA) is 96.9 Å². The molecule has 2 heterocycles. The van der Waals surface area contributed by atoms with Gasteiger partial charge >= 0.3 is 11.8 Å². The van der Waals surface area contributed by atoms with Gasteiger partial charge < -0.3 is 25.2 Å². The minimum Gasteiger partial charge on any atom is -0.454 e. The van der Waals surface area contributed by atoms with Gasteiger partial charge in [-0.2, -0.15) is 11.3 Å². The summed E-state index contributed by atoms with van der Waals surface area (Å²) in [5.74, 6) is -0.308. The van der Waals surface area contributed by atoms with Gasteiger partial charge in [0.15, 0.2) is 11.5 Å². The second-order valence-electron chi connectivity index (χ2n) is 6.73. The smallest absolute Gasteiger partial charge is 0.309 e. The summed E-state index contributed by atoms with van der Waals surface area (Å²) in [5, 5.41) is 19.4. The highest BCUT2D eigenvalue weighted by Crippen LogP contribution is 2.32. The van der Waals surface area contributed by atoms with Crippen molar-refractivity contribution in [1.29, 1.82) is 0 Å². The summed E-state index contributed by atoms with van der Waals surface area (Å²) < 4.78 is 10.5. The molecule has 1 aromatic heterocycles. The van der Waals surface area contributed by atoms with Crippen LogP contribution in [0.25, 0.3) is 11.1 Å². The highest BCUT2D eigenvalue weighted by atomic mass is 32.1. The van der Waals surface area contributed by atoms with Crippen LogP contribution in [0.5, 0.6) is 11.5 Å². The van der Waals surface area contributed by atoms with E-state index < -0.39 is 17.9 Å². The molecular weight excluding hydrogens is 404 g/mol. The van der Waals surface area contributed by atoms with Crippen LogP contribution < -0.4 is 20.1 Å². The molecule has 4 rings (SSSR count). The number of amides is 2. The average Bonchev–Trinajstić information content (AvgIpc) is 3.47. The highest BCUT2D eigenvalue weighted by Gasteiger charge is 2.17. The number of aliphatic hydroxyl groups excluding tert-OH is 1. The SMILES string of the molecule is O=C(NCc1ccc2c(c1)OCO2)C(=O)NC[C@H](O)c1ccc(-c2ccsc2)cc1. The summed E-state index contributed by atoms with van der Waals surface area (Å²) in [5.41, 5.74) is 3.62. The average molecular weight is 424 g/mol. The van der Waals surface area contributed by atoms with Gasteiger partial charge in [-0.3, -0.25) is 9.59 Å². The Balaban J connectivity index is 1.25. The molecule has 0 aliphatic carbocycles. The predicted molar refractivity (Wildman–Crippen MR) is 112 cm³/mol. The molecule has 0 saturated carbocycles. The van der Waals surface area contributed by atoms with E-state index in [0.29, 0.717) is 17.1 Å². The monoisotopic (exact) mass is 424 g/mol. The molecule has 2 amide bonds. The summed E-state index contributed by atoms with van der Waals surface area (Å²) in [6.07, 6.45) is -0.910. The summed E-state index contributed by atoms with van der Waals surface area (Å²) in [7, 11) is 0. The molecule has 0 saturated heterocycles. The van der Waals surface area contributed by atoms with E-state index in [1.54, 1.807) is 29.5 Å². The van der Waals surface area contributed by atoms with Crippen LogP contribution >= 0.6 is 11.3 Å². The van der Waals surface area contributed by atoms with E-state index in [1.165, 1.54) is 0 Å². The van der Waals surface area contributed by atoms with E-state index in [0.717, 1.165) is 16.7 Å². The summed E-state index contributed by atoms with van der Waals surface area (Å²) in [4.78, 5) is 24.0. The number of carbonyl (C=O) groups excluding carboxylic acids is 2. The number of thiophene rings is 1. The lowest BCUT2D eigenvalue weighted by Crippen LogP contribution is -2.41. The van der Waals surface area contributed by atoms with Gasteiger partial charge in [-0.1, -0.05) is 30.3 Å². The zero-order valence-corrected chi connectivity index (χ0v) is 16.8. The van der Waals surface area contributed by atoms with Crippen molar-refractivity contribution in [1.82, 2.24) is 10.6 Å². The number of ether oxygens (including phenoxy) is 2. The van der Waals surface area contributed by atoms with Crippen LogP contribution in [0.15, 0.2) is 59.3 Å². The summed E-state index contributed by atoms with van der Waals surface area (Å²) in [6, 6.07) is 14.8. The molecule has 3 aromatic rings. The van der Waals surface area contributed by atoms with Gasteiger partial charge in [-0.25, -0.2) is 0 Å². The van der Waals surface area contributed by atoms with Crippen LogP contribution in [0.4, 0.5) is 0 Å². The fourth-order valence-electron chi connectivity index (χ4n) is 3.03. The van der Waals surface area contributed by atoms with Crippen molar-refractivity contribution in [2.45, 2.75) is 12.6 Å². The Morgan fingerprint density at radius 2 is 1.73 bits per heavy atom. The molecule has 154 valence electrons. The Labute approximate surface area is 177 Å². The van der Waals surface area contributed by atoms with Crippen molar-refractivity contribution in [2.75, 3.05) is 13.3 Å². The number of benzene rings is 2. The molecule has 2 aromatic carbocycles. The molecule has 0 radical (unpaired) electrons. The number of rotatable bonds is 6. The fourth-order valence-corrected chi connectivity index (χ4v) is 3.69. The first-order valence-corrected chi connectivity index (χ1v) is 10.3. The van der Waals surface area contributed by atoms with E-state index in [-0.39, 0.29) is 19.9 Å². The van der Waals surface area contributed by atoms with E-state index >= 15 is 0 Å². The van der Waals surface area contributed by atoms with Crippen molar-refractivity contribution in [2.24, 2.45) is 0 Å². The highest BCUT2D eigenvalue weighted by molar-refractivity contribution is 7.08. The third-order valence-corrected chi connectivity index (χ3v) is 5.39. The van der Waals surface area contributed by atoms with Gasteiger partial charge in [0, 0.05) is 13.1 Å². The zero-order valence-electron chi connectivity index (χ0n) is 16.0. The molecular formula is C22H20N2O5S. The Kier molecular flexibility index (Phi) is 5.97. The lowest BCUT2D eigenvalue weighted by Gasteiger charge is -2.13. The zero-order chi connectivity index (χ0) is 20.9. The van der Waals surface area contributed by atoms with Gasteiger partial charge in [0.1, 0.15) is 0 Å². The second kappa shape index (κ2) is 8.98. The Bertz CT molecular complexity index is 1030. The third kappa shape index (κ3) is 4.61. The fraction of sp³-hybridized carbons (Fsp3) is 0.182. The first-order valence-electron chi connectivity index (χ1n) is 9.35. The van der Waals surface area contributed by atoms with E-state index in [1.807, 2.05) is 41.1 Å². The van der Waals surface area contributed by atoms with Gasteiger partial charge in [0.25, 0.3) is 0 Å². The van der Waals surface area contributed by atoms with Crippen LogP contribution in [0.2, 0.25) is 0 Å². The van der Waals surface area contributed by atoms with Crippen molar-refractivity contribution in [3.05, 3.63) is 70.4 Å². The van der Waals surface area contributed by atoms with Crippen molar-refractivity contribution < 1.29 is 24.2 Å². The molecule has 8 heteroatoms. The van der Waals surface area contributed by atoms with Gasteiger partial charge in [-0.05, 0) is 51.2 Å². The summed E-state index contributed by atoms with van der Waals surface area (Å²) >= 11 is 1.62. The number of hydrogen-bond donors (Lipinski definition) is 3. The summed E-state index contributed by atoms with van der Waals surface area (Å²) in [6.45, 7) is 0.288. The minimum absolute atomic E-state index is 0.0614. The molecule has 7 nitrogen and oxygen atoms in total. The van der Waals surface area contributed by atoms with Crippen molar-refractivity contribution in [3.8, 4) is 22.6 Å². The molecule has 1 aliphatic rings. The molecule has 0 bridgehead atoms. The molecule has 0 fully saturated rings. The Morgan fingerprint density at radius 1 is 0.967 bits per heavy atom. The van der Waals surface area contributed by atoms with Crippen LogP contribution in [0.1, 0.15) is 17.2 Å². The number of carbonyl (C=O) groups is 2. The predicted octanol–water partition coefficient (Wildman–Crippen LogP) is 2.61. The number of hydrogen-bond acceptors (Lipinski definition) is 6. The molecule has 0 spiro atoms. The number of aliphatic hydroxyl groups is 1. The largest absolute Gasteiger partial charge is 0.454 e. The van der Waals surface area contributed by atoms with Crippen LogP contribution in [0.3, 0.4) is 0 Å². The first-order chi connectivity index (χ1) is 14.6. The van der Waals surface area contributed by atoms with Gasteiger partial charge in [0.05, 0.1) is 6.10 Å². The lowest BCUT2D eigenvalue weighted by molar-refractivity contribution is -0.139. The van der Waals surface area contributed by atoms with Crippen LogP contribution in [-0.4, -0.2) is 30.3 Å². The van der Waals surface area contributed by atoms with E-state index in [9.17, 15) is 14.7 Å². The molecule has 1 aliphatic heterocycles. The lowest BCUT2D eigenvalue weighted by atomic mass is 10.0. The number of fused-ring (bicyclic) bond motifs is 1. The van der Waals surface area contributed by atoms with E-state index in [4.69, 9.17) is 9.47 Å². The molecule has 1 atom stereocenters. The Morgan fingerprint density at radius 3 is 2.50 bits per heavy atom. The van der Waals surface area contributed by atoms with Crippen LogP contribution in [-0.2, 0) is 16.1 Å². The standard InChI is InChI=1S/C22H20N2O5S/c25-18(16-4-2-15(3-5-16)17-7-8-30-12-17)11-24-22(27)21(26)23-10-14-1-6-19-20(9-14)29-13-28-19/h1-9,12,18,25H,10-11,13H2,(H,23,26)(H,24,27)/t18-/m0/s1. The quantitative estimate of drug-likeness (QED) is 0.529. The second-order valence-corrected chi connectivity index (χ2v) is 7.51. The molecule has 0 unspecified atom stereocenters. The van der Waals surface area contributed by atoms with Gasteiger partial charge in [-0.15, -0.1) is 0 Å². The van der Waals surface area contributed by atoms with Crippen LogP contribution in [0, 0.1) is 0 Å². The maximum Gasteiger partial charge on any atom is 0.309 e. The minimum atomic E-state index is -0.910. The van der Waals surface area contributed by atoms with Crippen molar-refractivity contribution >= 4 is 23.2 Å². The van der Waals surface area contributed by atoms with E-state index in [2.05, 4.69) is 10.6 Å². The third-order valence-electron chi connectivity index (χ3n) is 4.70. The van der Waals surface area contributed by atoms with Crippen molar-refractivity contribution in [3.63, 3.8) is 0 Å². The normalized spacial score (nSPS) is 13.0. The first kappa shape index (κ1) is 19.9. The maximum absolute atomic E-state index is 12.0. The number of nitrogens with one attached hydrogen (secondary N) is 2. The molecule has 30 heavy (non-hydrogen) atoms. The van der Waals surface area contributed by atoms with Gasteiger partial charge in [0.2, 0.25) is 6.79 Å². The maximum atomic E-state index is 12.0. The molecule has 3 N–H and O–H groups in total. The Hall–Kier alpha value is -3.36.